The first-order chi connectivity index (χ1) is 15.0. The Morgan fingerprint density at radius 2 is 1.77 bits per heavy atom. The third-order valence-electron chi connectivity index (χ3n) is 4.80. The normalized spacial score (nSPS) is 10.6. The molecule has 3 rings (SSSR count). The number of benzene rings is 2. The van der Waals surface area contributed by atoms with Crippen molar-refractivity contribution in [1.82, 2.24) is 4.98 Å². The third kappa shape index (κ3) is 4.94. The molecule has 1 heterocycles. The van der Waals surface area contributed by atoms with Crippen LogP contribution in [0.15, 0.2) is 36.5 Å². The number of rotatable bonds is 9. The van der Waals surface area contributed by atoms with Crippen molar-refractivity contribution in [3.05, 3.63) is 52.7 Å². The lowest BCUT2D eigenvalue weighted by Gasteiger charge is -2.16. The third-order valence-corrected chi connectivity index (χ3v) is 5.10. The highest BCUT2D eigenvalue weighted by atomic mass is 35.5. The molecule has 0 unspecified atom stereocenters. The van der Waals surface area contributed by atoms with Crippen LogP contribution in [-0.2, 0) is 11.2 Å². The van der Waals surface area contributed by atoms with Gasteiger partial charge in [-0.2, -0.15) is 0 Å². The molecule has 0 spiro atoms. The molecule has 8 heteroatoms. The van der Waals surface area contributed by atoms with Crippen molar-refractivity contribution in [2.75, 3.05) is 39.8 Å². The quantitative estimate of drug-likeness (QED) is 0.477. The minimum Gasteiger partial charge on any atom is -0.495 e. The first-order valence-corrected chi connectivity index (χ1v) is 10.2. The van der Waals surface area contributed by atoms with E-state index in [-0.39, 0.29) is 6.61 Å². The van der Waals surface area contributed by atoms with Gasteiger partial charge in [0.05, 0.1) is 44.2 Å². The summed E-state index contributed by atoms with van der Waals surface area (Å²) in [5, 5.41) is 4.54. The number of aromatic nitrogens is 1. The van der Waals surface area contributed by atoms with Crippen LogP contribution in [0.1, 0.15) is 22.8 Å². The number of pyridine rings is 1. The number of nitrogens with one attached hydrogen (secondary N) is 1. The van der Waals surface area contributed by atoms with Crippen LogP contribution in [0, 0.1) is 0 Å². The molecule has 0 saturated carbocycles. The number of nitrogens with zero attached hydrogens (tertiary/aromatic N) is 1. The lowest BCUT2D eigenvalue weighted by atomic mass is 10.1. The summed E-state index contributed by atoms with van der Waals surface area (Å²) in [6, 6.07) is 9.26. The fourth-order valence-electron chi connectivity index (χ4n) is 3.27. The average molecular weight is 445 g/mol. The van der Waals surface area contributed by atoms with Crippen LogP contribution in [0.2, 0.25) is 5.02 Å². The first kappa shape index (κ1) is 22.5. The van der Waals surface area contributed by atoms with Crippen LogP contribution in [-0.4, -0.2) is 45.4 Å². The molecule has 31 heavy (non-hydrogen) atoms. The molecule has 0 bridgehead atoms. The molecule has 7 nitrogen and oxygen atoms in total. The second-order valence-electron chi connectivity index (χ2n) is 6.64. The second-order valence-corrected chi connectivity index (χ2v) is 7.04. The molecular formula is C23H25ClN2O5. The predicted octanol–water partition coefficient (Wildman–Crippen LogP) is 4.75. The van der Waals surface area contributed by atoms with Gasteiger partial charge in [-0.15, -0.1) is 0 Å². The summed E-state index contributed by atoms with van der Waals surface area (Å²) in [6.07, 6.45) is 2.19. The molecule has 0 aliphatic rings. The maximum atomic E-state index is 12.5. The largest absolute Gasteiger partial charge is 0.495 e. The lowest BCUT2D eigenvalue weighted by Crippen LogP contribution is -2.13. The summed E-state index contributed by atoms with van der Waals surface area (Å²) in [5.41, 5.74) is 2.68. The summed E-state index contributed by atoms with van der Waals surface area (Å²) in [4.78, 5) is 16.9. The number of hydrogen-bond acceptors (Lipinski definition) is 7. The summed E-state index contributed by atoms with van der Waals surface area (Å²) in [5.74, 6) is 1.40. The topological polar surface area (TPSA) is 78.9 Å². The van der Waals surface area contributed by atoms with Gasteiger partial charge in [0.2, 0.25) is 0 Å². The first-order valence-electron chi connectivity index (χ1n) is 9.80. The van der Waals surface area contributed by atoms with E-state index in [0.717, 1.165) is 10.9 Å². The van der Waals surface area contributed by atoms with Crippen LogP contribution in [0.3, 0.4) is 0 Å². The van der Waals surface area contributed by atoms with Gasteiger partial charge in [-0.05, 0) is 43.2 Å². The number of halogens is 1. The lowest BCUT2D eigenvalue weighted by molar-refractivity contribution is 0.0527. The molecule has 2 aromatic carbocycles. The molecule has 0 aliphatic carbocycles. The molecule has 0 fully saturated rings. The number of esters is 1. The molecule has 1 aromatic heterocycles. The second kappa shape index (κ2) is 10.2. The summed E-state index contributed by atoms with van der Waals surface area (Å²) in [7, 11) is 4.75. The van der Waals surface area contributed by atoms with Crippen molar-refractivity contribution >= 4 is 34.2 Å². The van der Waals surface area contributed by atoms with Gasteiger partial charge >= 0.3 is 5.97 Å². The van der Waals surface area contributed by atoms with Crippen molar-refractivity contribution in [3.8, 4) is 17.2 Å². The Kier molecular flexibility index (Phi) is 7.41. The average Bonchev–Trinajstić information content (AvgIpc) is 2.78. The maximum absolute atomic E-state index is 12.5. The summed E-state index contributed by atoms with van der Waals surface area (Å²) < 4.78 is 21.2. The number of ether oxygens (including phenoxy) is 4. The Balaban J connectivity index is 1.93. The number of hydrogen-bond donors (Lipinski definition) is 1. The van der Waals surface area contributed by atoms with Crippen LogP contribution < -0.4 is 19.5 Å². The van der Waals surface area contributed by atoms with E-state index in [1.54, 1.807) is 40.4 Å². The van der Waals surface area contributed by atoms with Crippen LogP contribution in [0.4, 0.5) is 5.69 Å². The highest BCUT2D eigenvalue weighted by Gasteiger charge is 2.18. The Labute approximate surface area is 186 Å². The van der Waals surface area contributed by atoms with Gasteiger partial charge in [0.15, 0.2) is 11.5 Å². The molecular weight excluding hydrogens is 420 g/mol. The number of carbonyl (C=O) groups is 1. The molecule has 0 aliphatic heterocycles. The van der Waals surface area contributed by atoms with Crippen molar-refractivity contribution in [2.24, 2.45) is 0 Å². The zero-order valence-corrected chi connectivity index (χ0v) is 18.7. The van der Waals surface area contributed by atoms with Crippen molar-refractivity contribution < 1.29 is 23.7 Å². The van der Waals surface area contributed by atoms with E-state index in [1.165, 1.54) is 6.20 Å². The SMILES string of the molecule is CCOC(=O)c1cnc2cc(Cl)c(OC)cc2c1NCCc1ccc(OC)c(OC)c1. The number of fused-ring (bicyclic) bond motifs is 1. The highest BCUT2D eigenvalue weighted by Crippen LogP contribution is 2.35. The fraction of sp³-hybridized carbons (Fsp3) is 0.304. The minimum atomic E-state index is -0.445. The van der Waals surface area contributed by atoms with E-state index in [0.29, 0.717) is 52.0 Å². The zero-order chi connectivity index (χ0) is 22.4. The van der Waals surface area contributed by atoms with Crippen LogP contribution >= 0.6 is 11.6 Å². The molecule has 0 radical (unpaired) electrons. The standard InChI is InChI=1S/C23H25ClN2O5/c1-5-31-23(27)16-13-26-18-12-17(24)20(29-3)11-15(18)22(16)25-9-8-14-6-7-19(28-2)21(10-14)30-4/h6-7,10-13H,5,8-9H2,1-4H3,(H,25,26). The van der Waals surface area contributed by atoms with Crippen molar-refractivity contribution in [2.45, 2.75) is 13.3 Å². The van der Waals surface area contributed by atoms with Gasteiger partial charge < -0.3 is 24.3 Å². The Hall–Kier alpha value is -3.19. The smallest absolute Gasteiger partial charge is 0.341 e. The van der Waals surface area contributed by atoms with Crippen molar-refractivity contribution in [3.63, 3.8) is 0 Å². The van der Waals surface area contributed by atoms with Crippen LogP contribution in [0.5, 0.6) is 17.2 Å². The zero-order valence-electron chi connectivity index (χ0n) is 18.0. The van der Waals surface area contributed by atoms with E-state index < -0.39 is 5.97 Å². The Bertz CT molecular complexity index is 1090. The van der Waals surface area contributed by atoms with E-state index in [4.69, 9.17) is 30.5 Å². The fourth-order valence-corrected chi connectivity index (χ4v) is 3.51. The van der Waals surface area contributed by atoms with E-state index in [2.05, 4.69) is 10.3 Å². The van der Waals surface area contributed by atoms with Crippen LogP contribution in [0.25, 0.3) is 10.9 Å². The van der Waals surface area contributed by atoms with Gasteiger partial charge in [-0.3, -0.25) is 4.98 Å². The van der Waals surface area contributed by atoms with Gasteiger partial charge in [0.25, 0.3) is 0 Å². The maximum Gasteiger partial charge on any atom is 0.341 e. The number of anilines is 1. The molecule has 1 N–H and O–H groups in total. The molecule has 0 amide bonds. The van der Waals surface area contributed by atoms with Gasteiger partial charge in [0, 0.05) is 18.1 Å². The monoisotopic (exact) mass is 444 g/mol. The summed E-state index contributed by atoms with van der Waals surface area (Å²) in [6.45, 7) is 2.59. The van der Waals surface area contributed by atoms with E-state index in [1.807, 2.05) is 18.2 Å². The summed E-state index contributed by atoms with van der Waals surface area (Å²) >= 11 is 6.25. The Morgan fingerprint density at radius 1 is 1.03 bits per heavy atom. The van der Waals surface area contributed by atoms with Gasteiger partial charge in [0.1, 0.15) is 11.3 Å². The minimum absolute atomic E-state index is 0.270. The number of methoxy groups -OCH3 is 3. The van der Waals surface area contributed by atoms with Crippen molar-refractivity contribution in [1.29, 1.82) is 0 Å². The number of carbonyl (C=O) groups excluding carboxylic acids is 1. The van der Waals surface area contributed by atoms with E-state index in [9.17, 15) is 4.79 Å². The van der Waals surface area contributed by atoms with Gasteiger partial charge in [-0.1, -0.05) is 17.7 Å². The molecule has 0 atom stereocenters. The highest BCUT2D eigenvalue weighted by molar-refractivity contribution is 6.33. The Morgan fingerprint density at radius 3 is 2.45 bits per heavy atom. The molecule has 3 aromatic rings. The molecule has 0 saturated heterocycles. The van der Waals surface area contributed by atoms with Gasteiger partial charge in [-0.25, -0.2) is 4.79 Å². The predicted molar refractivity (Wildman–Crippen MR) is 121 cm³/mol. The molecule has 164 valence electrons. The van der Waals surface area contributed by atoms with E-state index >= 15 is 0 Å².